The van der Waals surface area contributed by atoms with Crippen molar-refractivity contribution in [2.45, 2.75) is 43.8 Å². The topological polar surface area (TPSA) is 182 Å². The molecule has 0 bridgehead atoms. The van der Waals surface area contributed by atoms with Crippen LogP contribution in [0.5, 0.6) is 0 Å². The number of likely N-dealkylation sites (tertiary alicyclic amines) is 1. The molecule has 33 heavy (non-hydrogen) atoms. The second-order valence-electron chi connectivity index (χ2n) is 7.84. The minimum Gasteiger partial charge on any atom is -0.481 e. The zero-order valence-corrected chi connectivity index (χ0v) is 18.0. The largest absolute Gasteiger partial charge is 0.481 e. The Balaban J connectivity index is 0.000000260. The van der Waals surface area contributed by atoms with Crippen LogP contribution in [0.3, 0.4) is 0 Å². The first-order chi connectivity index (χ1) is 15.6. The smallest absolute Gasteiger partial charge is 0.336 e. The van der Waals surface area contributed by atoms with E-state index in [0.717, 1.165) is 18.7 Å². The van der Waals surface area contributed by atoms with Gasteiger partial charge in [0.2, 0.25) is 0 Å². The summed E-state index contributed by atoms with van der Waals surface area (Å²) in [6.45, 7) is 2.78. The number of aliphatic carboxylic acids is 3. The summed E-state index contributed by atoms with van der Waals surface area (Å²) in [7, 11) is 0. The van der Waals surface area contributed by atoms with Gasteiger partial charge in [-0.2, -0.15) is 0 Å². The highest BCUT2D eigenvalue weighted by atomic mass is 16.5. The monoisotopic (exact) mass is 464 g/mol. The van der Waals surface area contributed by atoms with E-state index >= 15 is 0 Å². The molecule has 2 heterocycles. The summed E-state index contributed by atoms with van der Waals surface area (Å²) in [6, 6.07) is 11.7. The predicted molar refractivity (Wildman–Crippen MR) is 114 cm³/mol. The third-order valence-corrected chi connectivity index (χ3v) is 5.09. The molecule has 1 aromatic carbocycles. The van der Waals surface area contributed by atoms with Crippen LogP contribution in [-0.2, 0) is 14.4 Å². The van der Waals surface area contributed by atoms with Gasteiger partial charge >= 0.3 is 17.9 Å². The fraction of sp³-hybridized carbons (Fsp3) is 0.455. The van der Waals surface area contributed by atoms with Gasteiger partial charge in [0.1, 0.15) is 11.8 Å². The number of aliphatic hydroxyl groups is 2. The van der Waals surface area contributed by atoms with Crippen molar-refractivity contribution in [1.29, 1.82) is 0 Å². The van der Waals surface area contributed by atoms with E-state index in [-0.39, 0.29) is 0 Å². The molecule has 1 aromatic heterocycles. The number of aliphatic hydroxyl groups excluding tert-OH is 1. The Bertz CT molecular complexity index is 907. The summed E-state index contributed by atoms with van der Waals surface area (Å²) in [6.07, 6.45) is 0.883. The average molecular weight is 464 g/mol. The number of benzene rings is 1. The number of nitrogens with zero attached hydrogens (tertiary/aromatic N) is 2. The van der Waals surface area contributed by atoms with E-state index in [1.807, 2.05) is 36.4 Å². The first kappa shape index (κ1) is 26.0. The van der Waals surface area contributed by atoms with Crippen LogP contribution in [-0.4, -0.2) is 78.7 Å². The van der Waals surface area contributed by atoms with E-state index in [0.29, 0.717) is 18.0 Å². The number of carboxylic acid groups (broad SMARTS) is 3. The van der Waals surface area contributed by atoms with Gasteiger partial charge < -0.3 is 35.0 Å². The van der Waals surface area contributed by atoms with Crippen LogP contribution in [0.4, 0.5) is 0 Å². The van der Waals surface area contributed by atoms with Crippen molar-refractivity contribution in [3.8, 4) is 11.3 Å². The van der Waals surface area contributed by atoms with Crippen LogP contribution < -0.4 is 0 Å². The maximum Gasteiger partial charge on any atom is 0.336 e. The zero-order valence-electron chi connectivity index (χ0n) is 18.0. The third-order valence-electron chi connectivity index (χ3n) is 5.09. The predicted octanol–water partition coefficient (Wildman–Crippen LogP) is 1.61. The fourth-order valence-electron chi connectivity index (χ4n) is 3.38. The maximum absolute atomic E-state index is 10.3. The first-order valence-corrected chi connectivity index (χ1v) is 10.4. The van der Waals surface area contributed by atoms with E-state index < -0.39 is 42.5 Å². The number of carbonyl (C=O) groups is 3. The van der Waals surface area contributed by atoms with Crippen LogP contribution in [0, 0.1) is 0 Å². The second kappa shape index (κ2) is 12.1. The van der Waals surface area contributed by atoms with Crippen LogP contribution in [0.15, 0.2) is 40.9 Å². The molecule has 1 fully saturated rings. The maximum atomic E-state index is 10.3. The number of hydrogen-bond acceptors (Lipinski definition) is 8. The van der Waals surface area contributed by atoms with E-state index in [1.165, 1.54) is 19.3 Å². The molecule has 3 rings (SSSR count). The molecule has 1 unspecified atom stereocenters. The molecule has 1 saturated heterocycles. The molecule has 180 valence electrons. The Morgan fingerprint density at radius 2 is 1.58 bits per heavy atom. The van der Waals surface area contributed by atoms with E-state index in [1.54, 1.807) is 0 Å². The Kier molecular flexibility index (Phi) is 9.52. The molecule has 0 radical (unpaired) electrons. The summed E-state index contributed by atoms with van der Waals surface area (Å²) in [5.41, 5.74) is -1.14. The fourth-order valence-corrected chi connectivity index (χ4v) is 3.38. The zero-order chi connectivity index (χ0) is 24.4. The molecule has 0 saturated carbocycles. The van der Waals surface area contributed by atoms with Crippen LogP contribution in [0.25, 0.3) is 11.3 Å². The van der Waals surface area contributed by atoms with Gasteiger partial charge in [-0.3, -0.25) is 9.59 Å². The van der Waals surface area contributed by atoms with Crippen molar-refractivity contribution >= 4 is 17.9 Å². The summed E-state index contributed by atoms with van der Waals surface area (Å²) in [5.74, 6) is -4.31. The lowest BCUT2D eigenvalue weighted by molar-refractivity contribution is -0.170. The van der Waals surface area contributed by atoms with Crippen molar-refractivity contribution in [1.82, 2.24) is 10.1 Å². The van der Waals surface area contributed by atoms with Crippen molar-refractivity contribution in [3.05, 3.63) is 42.1 Å². The third kappa shape index (κ3) is 8.29. The SMILES string of the molecule is O=C(O)CC(O)(CC(=O)O)C(=O)O.OC(CN1CCCCC1)c1cc(-c2ccccc2)on1. The molecule has 11 heteroatoms. The molecule has 1 aliphatic heterocycles. The molecule has 5 N–H and O–H groups in total. The van der Waals surface area contributed by atoms with Crippen molar-refractivity contribution < 1.29 is 44.4 Å². The van der Waals surface area contributed by atoms with Crippen LogP contribution >= 0.6 is 0 Å². The molecule has 11 nitrogen and oxygen atoms in total. The lowest BCUT2D eigenvalue weighted by atomic mass is 9.96. The highest BCUT2D eigenvalue weighted by Crippen LogP contribution is 2.24. The average Bonchev–Trinajstić information content (AvgIpc) is 3.25. The molecule has 0 amide bonds. The van der Waals surface area contributed by atoms with E-state index in [9.17, 15) is 19.5 Å². The lowest BCUT2D eigenvalue weighted by Gasteiger charge is -2.27. The summed E-state index contributed by atoms with van der Waals surface area (Å²) in [4.78, 5) is 32.8. The van der Waals surface area contributed by atoms with Crippen LogP contribution in [0.2, 0.25) is 0 Å². The van der Waals surface area contributed by atoms with Gasteiger partial charge in [0.25, 0.3) is 0 Å². The number of hydrogen-bond donors (Lipinski definition) is 5. The standard InChI is InChI=1S/C16H20N2O2.C6H8O7/c19-15(12-18-9-5-2-6-10-18)14-11-16(20-17-14)13-7-3-1-4-8-13;7-3(8)1-6(13,5(11)12)2-4(9)10/h1,3-4,7-8,11,15,19H,2,5-6,9-10,12H2;13H,1-2H2,(H,7,8)(H,9,10)(H,11,12). The van der Waals surface area contributed by atoms with Gasteiger partial charge in [-0.25, -0.2) is 4.79 Å². The highest BCUT2D eigenvalue weighted by molar-refractivity contribution is 5.88. The van der Waals surface area contributed by atoms with Gasteiger partial charge in [-0.05, 0) is 25.9 Å². The number of carboxylic acids is 3. The molecule has 0 spiro atoms. The lowest BCUT2D eigenvalue weighted by Crippen LogP contribution is -2.42. The molecule has 1 atom stereocenters. The van der Waals surface area contributed by atoms with Crippen molar-refractivity contribution in [3.63, 3.8) is 0 Å². The molecular formula is C22H28N2O9. The number of β-amino-alcohol motifs (C(OH)–C–C–N with tert-alkyl or cyclic N) is 1. The van der Waals surface area contributed by atoms with Gasteiger partial charge in [0.15, 0.2) is 11.4 Å². The Labute approximate surface area is 189 Å². The van der Waals surface area contributed by atoms with Crippen LogP contribution in [0.1, 0.15) is 43.9 Å². The summed E-state index contributed by atoms with van der Waals surface area (Å²) < 4.78 is 5.33. The minimum atomic E-state index is -2.74. The number of aromatic nitrogens is 1. The molecular weight excluding hydrogens is 436 g/mol. The quantitative estimate of drug-likeness (QED) is 0.363. The normalized spacial score (nSPS) is 15.2. The number of rotatable bonds is 9. The van der Waals surface area contributed by atoms with E-state index in [4.69, 9.17) is 24.9 Å². The number of piperidine rings is 1. The minimum absolute atomic E-state index is 0.575. The Hall–Kier alpha value is -3.28. The van der Waals surface area contributed by atoms with Gasteiger partial charge in [0, 0.05) is 18.2 Å². The van der Waals surface area contributed by atoms with Crippen molar-refractivity contribution in [2.24, 2.45) is 0 Å². The van der Waals surface area contributed by atoms with Gasteiger partial charge in [-0.1, -0.05) is 41.9 Å². The van der Waals surface area contributed by atoms with Gasteiger partial charge in [-0.15, -0.1) is 0 Å². The summed E-state index contributed by atoms with van der Waals surface area (Å²) >= 11 is 0. The van der Waals surface area contributed by atoms with E-state index in [2.05, 4.69) is 10.1 Å². The van der Waals surface area contributed by atoms with Crippen molar-refractivity contribution in [2.75, 3.05) is 19.6 Å². The highest BCUT2D eigenvalue weighted by Gasteiger charge is 2.40. The first-order valence-electron chi connectivity index (χ1n) is 10.4. The molecule has 0 aliphatic carbocycles. The Morgan fingerprint density at radius 3 is 2.09 bits per heavy atom. The summed E-state index contributed by atoms with van der Waals surface area (Å²) in [5, 5.41) is 48.1. The molecule has 2 aromatic rings. The van der Waals surface area contributed by atoms with Gasteiger partial charge in [0.05, 0.1) is 12.8 Å². The Morgan fingerprint density at radius 1 is 1.00 bits per heavy atom. The molecule has 1 aliphatic rings. The second-order valence-corrected chi connectivity index (χ2v) is 7.84.